The van der Waals surface area contributed by atoms with Gasteiger partial charge in [0.05, 0.1) is 14.2 Å². The number of ether oxygens (including phenoxy) is 2. The molecule has 29 heavy (non-hydrogen) atoms. The molecule has 0 radical (unpaired) electrons. The molecule has 4 unspecified atom stereocenters. The monoisotopic (exact) mass is 402 g/mol. The number of carbonyl (C=O) groups excluding carboxylic acids is 2. The van der Waals surface area contributed by atoms with Gasteiger partial charge in [0, 0.05) is 18.2 Å². The van der Waals surface area contributed by atoms with Crippen LogP contribution < -0.4 is 20.1 Å². The van der Waals surface area contributed by atoms with E-state index in [2.05, 4.69) is 10.6 Å². The average molecular weight is 403 g/mol. The van der Waals surface area contributed by atoms with Crippen LogP contribution in [-0.2, 0) is 4.79 Å². The molecule has 2 aliphatic rings. The van der Waals surface area contributed by atoms with Crippen molar-refractivity contribution in [3.8, 4) is 11.5 Å². The number of nitrogens with one attached hydrogen (secondary N) is 2. The Morgan fingerprint density at radius 2 is 1.76 bits per heavy atom. The largest absolute Gasteiger partial charge is 0.497 e. The molecule has 6 nitrogen and oxygen atoms in total. The minimum atomic E-state index is -0.584. The van der Waals surface area contributed by atoms with E-state index in [0.717, 1.165) is 24.2 Å². The van der Waals surface area contributed by atoms with Gasteiger partial charge in [-0.2, -0.15) is 0 Å². The van der Waals surface area contributed by atoms with Crippen molar-refractivity contribution in [2.45, 2.75) is 52.0 Å². The van der Waals surface area contributed by atoms with E-state index in [9.17, 15) is 9.59 Å². The molecular weight excluding hydrogens is 368 g/mol. The van der Waals surface area contributed by atoms with E-state index < -0.39 is 6.04 Å². The van der Waals surface area contributed by atoms with Gasteiger partial charge in [-0.25, -0.2) is 0 Å². The van der Waals surface area contributed by atoms with E-state index in [0.29, 0.717) is 23.6 Å². The number of carbonyl (C=O) groups is 2. The predicted molar refractivity (Wildman–Crippen MR) is 112 cm³/mol. The highest BCUT2D eigenvalue weighted by Gasteiger charge is 2.39. The van der Waals surface area contributed by atoms with Gasteiger partial charge in [0.1, 0.15) is 17.5 Å². The zero-order chi connectivity index (χ0) is 21.0. The van der Waals surface area contributed by atoms with Gasteiger partial charge < -0.3 is 20.1 Å². The van der Waals surface area contributed by atoms with Gasteiger partial charge in [0.2, 0.25) is 5.91 Å². The lowest BCUT2D eigenvalue weighted by Gasteiger charge is -2.24. The number of methoxy groups -OCH3 is 2. The van der Waals surface area contributed by atoms with Gasteiger partial charge in [0.15, 0.2) is 0 Å². The fourth-order valence-electron chi connectivity index (χ4n) is 4.92. The van der Waals surface area contributed by atoms with Crippen molar-refractivity contribution >= 4 is 11.8 Å². The van der Waals surface area contributed by atoms with Crippen molar-refractivity contribution in [1.29, 1.82) is 0 Å². The zero-order valence-electron chi connectivity index (χ0n) is 18.0. The summed E-state index contributed by atoms with van der Waals surface area (Å²) in [5, 5.41) is 5.93. The molecule has 2 bridgehead atoms. The van der Waals surface area contributed by atoms with Gasteiger partial charge in [0.25, 0.3) is 5.91 Å². The third-order valence-electron chi connectivity index (χ3n) is 6.55. The smallest absolute Gasteiger partial charge is 0.252 e. The Morgan fingerprint density at radius 3 is 2.28 bits per heavy atom. The zero-order valence-corrected chi connectivity index (χ0v) is 18.0. The Balaban J connectivity index is 1.56. The highest BCUT2D eigenvalue weighted by molar-refractivity contribution is 5.98. The summed E-state index contributed by atoms with van der Waals surface area (Å²) in [6.45, 7) is 4.55. The first-order valence-electron chi connectivity index (χ1n) is 10.7. The fourth-order valence-corrected chi connectivity index (χ4v) is 4.92. The highest BCUT2D eigenvalue weighted by Crippen LogP contribution is 2.49. The van der Waals surface area contributed by atoms with Crippen molar-refractivity contribution in [2.75, 3.05) is 20.8 Å². The summed E-state index contributed by atoms with van der Waals surface area (Å²) in [6, 6.07) is 4.41. The molecule has 0 aliphatic heterocycles. The molecule has 0 spiro atoms. The number of hydrogen-bond donors (Lipinski definition) is 2. The maximum Gasteiger partial charge on any atom is 0.252 e. The molecule has 0 aromatic heterocycles. The second kappa shape index (κ2) is 9.51. The van der Waals surface area contributed by atoms with E-state index in [1.54, 1.807) is 18.2 Å². The lowest BCUT2D eigenvalue weighted by atomic mass is 9.86. The molecule has 0 saturated heterocycles. The van der Waals surface area contributed by atoms with Crippen LogP contribution >= 0.6 is 0 Å². The van der Waals surface area contributed by atoms with Crippen molar-refractivity contribution in [2.24, 2.45) is 23.7 Å². The van der Waals surface area contributed by atoms with Crippen molar-refractivity contribution in [3.05, 3.63) is 23.8 Å². The Hall–Kier alpha value is -2.24. The SMILES string of the molecule is COc1cc(OC)cc(C(=O)NC(C(=O)NCCC2CC3CCC2C3)C(C)C)c1. The van der Waals surface area contributed by atoms with Crippen LogP contribution in [0.2, 0.25) is 0 Å². The van der Waals surface area contributed by atoms with Crippen molar-refractivity contribution in [3.63, 3.8) is 0 Å². The topological polar surface area (TPSA) is 76.7 Å². The first-order valence-corrected chi connectivity index (χ1v) is 10.7. The van der Waals surface area contributed by atoms with Gasteiger partial charge in [-0.3, -0.25) is 9.59 Å². The van der Waals surface area contributed by atoms with Crippen LogP contribution in [-0.4, -0.2) is 38.6 Å². The van der Waals surface area contributed by atoms with Gasteiger partial charge in [-0.05, 0) is 61.5 Å². The predicted octanol–water partition coefficient (Wildman–Crippen LogP) is 3.40. The minimum Gasteiger partial charge on any atom is -0.497 e. The van der Waals surface area contributed by atoms with E-state index in [-0.39, 0.29) is 17.7 Å². The summed E-state index contributed by atoms with van der Waals surface area (Å²) in [5.74, 6) is 3.15. The minimum absolute atomic E-state index is 0.0195. The maximum absolute atomic E-state index is 12.8. The molecule has 160 valence electrons. The van der Waals surface area contributed by atoms with Gasteiger partial charge in [-0.1, -0.05) is 20.3 Å². The quantitative estimate of drug-likeness (QED) is 0.664. The second-order valence-corrected chi connectivity index (χ2v) is 8.81. The van der Waals surface area contributed by atoms with Gasteiger partial charge in [-0.15, -0.1) is 0 Å². The van der Waals surface area contributed by atoms with Crippen LogP contribution in [0.3, 0.4) is 0 Å². The Kier molecular flexibility index (Phi) is 7.04. The fraction of sp³-hybridized carbons (Fsp3) is 0.652. The lowest BCUT2D eigenvalue weighted by molar-refractivity contribution is -0.124. The van der Waals surface area contributed by atoms with E-state index >= 15 is 0 Å². The molecule has 2 fully saturated rings. The Bertz CT molecular complexity index is 711. The van der Waals surface area contributed by atoms with E-state index in [1.165, 1.54) is 39.9 Å². The molecule has 2 aliphatic carbocycles. The molecule has 2 amide bonds. The molecule has 2 saturated carbocycles. The maximum atomic E-state index is 12.8. The van der Waals surface area contributed by atoms with E-state index in [1.807, 2.05) is 13.8 Å². The number of amides is 2. The normalized spacial score (nSPS) is 23.7. The molecule has 1 aromatic rings. The average Bonchev–Trinajstić information content (AvgIpc) is 3.34. The highest BCUT2D eigenvalue weighted by atomic mass is 16.5. The summed E-state index contributed by atoms with van der Waals surface area (Å²) in [7, 11) is 3.08. The van der Waals surface area contributed by atoms with Crippen LogP contribution in [0, 0.1) is 23.7 Å². The first kappa shape index (κ1) is 21.5. The summed E-state index contributed by atoms with van der Waals surface area (Å²) in [6.07, 6.45) is 6.50. The Morgan fingerprint density at radius 1 is 1.07 bits per heavy atom. The number of hydrogen-bond acceptors (Lipinski definition) is 4. The van der Waals surface area contributed by atoms with Crippen molar-refractivity contribution < 1.29 is 19.1 Å². The van der Waals surface area contributed by atoms with E-state index in [4.69, 9.17) is 9.47 Å². The molecular formula is C23H34N2O4. The molecule has 3 rings (SSSR count). The Labute approximate surface area is 173 Å². The van der Waals surface area contributed by atoms with Crippen LogP contribution in [0.1, 0.15) is 56.3 Å². The third-order valence-corrected chi connectivity index (χ3v) is 6.55. The van der Waals surface area contributed by atoms with Crippen LogP contribution in [0.15, 0.2) is 18.2 Å². The molecule has 4 atom stereocenters. The van der Waals surface area contributed by atoms with Gasteiger partial charge >= 0.3 is 0 Å². The summed E-state index contributed by atoms with van der Waals surface area (Å²) >= 11 is 0. The summed E-state index contributed by atoms with van der Waals surface area (Å²) in [4.78, 5) is 25.5. The molecule has 2 N–H and O–H groups in total. The van der Waals surface area contributed by atoms with Crippen LogP contribution in [0.25, 0.3) is 0 Å². The van der Waals surface area contributed by atoms with Crippen molar-refractivity contribution in [1.82, 2.24) is 10.6 Å². The standard InChI is InChI=1S/C23H34N2O4/c1-14(2)21(23(27)24-8-7-17-10-15-5-6-16(17)9-15)25-22(26)18-11-19(28-3)13-20(12-18)29-4/h11-17,21H,5-10H2,1-4H3,(H,24,27)(H,25,26). The summed E-state index contributed by atoms with van der Waals surface area (Å²) in [5.41, 5.74) is 0.404. The molecule has 6 heteroatoms. The summed E-state index contributed by atoms with van der Waals surface area (Å²) < 4.78 is 10.5. The third kappa shape index (κ3) is 5.22. The van der Waals surface area contributed by atoms with Crippen LogP contribution in [0.4, 0.5) is 0 Å². The number of fused-ring (bicyclic) bond motifs is 2. The number of benzene rings is 1. The molecule has 0 heterocycles. The first-order chi connectivity index (χ1) is 13.9. The second-order valence-electron chi connectivity index (χ2n) is 8.81. The number of rotatable bonds is 9. The van der Waals surface area contributed by atoms with Crippen LogP contribution in [0.5, 0.6) is 11.5 Å². The molecule has 1 aromatic carbocycles. The lowest BCUT2D eigenvalue weighted by Crippen LogP contribution is -2.50.